The topological polar surface area (TPSA) is 76.0 Å². The number of nitrogens with one attached hydrogen (secondary N) is 1. The molecule has 1 aromatic carbocycles. The summed E-state index contributed by atoms with van der Waals surface area (Å²) in [5, 5.41) is 0. The second-order valence-corrected chi connectivity index (χ2v) is 4.72. The minimum atomic E-state index is -0.284. The lowest BCUT2D eigenvalue weighted by Crippen LogP contribution is -2.17. The van der Waals surface area contributed by atoms with Gasteiger partial charge in [0.2, 0.25) is 5.56 Å². The van der Waals surface area contributed by atoms with Gasteiger partial charge in [0.1, 0.15) is 0 Å². The van der Waals surface area contributed by atoms with Crippen LogP contribution in [0.1, 0.15) is 35.5 Å². The number of rotatable bonds is 3. The quantitative estimate of drug-likeness (QED) is 0.839. The number of carbonyl (C=O) groups is 1. The van der Waals surface area contributed by atoms with Gasteiger partial charge in [-0.3, -0.25) is 9.59 Å². The Morgan fingerprint density at radius 2 is 1.70 bits per heavy atom. The van der Waals surface area contributed by atoms with Crippen LogP contribution in [0.2, 0.25) is 0 Å². The van der Waals surface area contributed by atoms with Gasteiger partial charge in [0, 0.05) is 17.2 Å². The summed E-state index contributed by atoms with van der Waals surface area (Å²) in [6.45, 7) is 3.66. The Labute approximate surface area is 117 Å². The van der Waals surface area contributed by atoms with E-state index in [1.807, 2.05) is 19.9 Å². The van der Waals surface area contributed by atoms with E-state index in [0.29, 0.717) is 22.5 Å². The van der Waals surface area contributed by atoms with Crippen molar-refractivity contribution < 1.29 is 4.79 Å². The van der Waals surface area contributed by atoms with Crippen LogP contribution >= 0.6 is 0 Å². The molecule has 1 heterocycles. The third kappa shape index (κ3) is 2.69. The largest absolute Gasteiger partial charge is 0.397 e. The van der Waals surface area contributed by atoms with Gasteiger partial charge < -0.3 is 10.7 Å². The molecule has 0 spiro atoms. The molecule has 0 saturated carbocycles. The minimum Gasteiger partial charge on any atom is -0.397 e. The Morgan fingerprint density at radius 3 is 2.30 bits per heavy atom. The molecule has 0 amide bonds. The van der Waals surface area contributed by atoms with Crippen LogP contribution < -0.4 is 11.3 Å². The highest BCUT2D eigenvalue weighted by Crippen LogP contribution is 2.18. The number of pyridine rings is 1. The molecule has 4 heteroatoms. The van der Waals surface area contributed by atoms with E-state index >= 15 is 0 Å². The molecule has 0 aliphatic rings. The Kier molecular flexibility index (Phi) is 3.84. The summed E-state index contributed by atoms with van der Waals surface area (Å²) < 4.78 is 0. The van der Waals surface area contributed by atoms with Crippen LogP contribution in [0.4, 0.5) is 0 Å². The lowest BCUT2D eigenvalue weighted by molar-refractivity contribution is 0.103. The molecule has 2 rings (SSSR count). The maximum Gasteiger partial charge on any atom is 0.248 e. The first-order valence-corrected chi connectivity index (χ1v) is 6.27. The van der Waals surface area contributed by atoms with Crippen molar-refractivity contribution in [1.29, 1.82) is 0 Å². The van der Waals surface area contributed by atoms with Gasteiger partial charge in [-0.05, 0) is 19.9 Å². The maximum absolute atomic E-state index is 12.5. The van der Waals surface area contributed by atoms with Crippen molar-refractivity contribution in [2.45, 2.75) is 13.8 Å². The lowest BCUT2D eigenvalue weighted by atomic mass is 9.99. The first-order valence-electron chi connectivity index (χ1n) is 6.27. The molecule has 102 valence electrons. The van der Waals surface area contributed by atoms with Gasteiger partial charge >= 0.3 is 0 Å². The van der Waals surface area contributed by atoms with Crippen molar-refractivity contribution in [1.82, 2.24) is 4.98 Å². The number of nitrogens with two attached hydrogens (primary N) is 1. The van der Waals surface area contributed by atoms with Crippen molar-refractivity contribution in [3.63, 3.8) is 0 Å². The third-order valence-corrected chi connectivity index (χ3v) is 3.01. The fourth-order valence-corrected chi connectivity index (χ4v) is 1.87. The van der Waals surface area contributed by atoms with Crippen LogP contribution in [0.3, 0.4) is 0 Å². The molecule has 0 fully saturated rings. The fourth-order valence-electron chi connectivity index (χ4n) is 1.87. The number of hydrogen-bond acceptors (Lipinski definition) is 3. The zero-order chi connectivity index (χ0) is 14.7. The smallest absolute Gasteiger partial charge is 0.248 e. The number of ketones is 1. The van der Waals surface area contributed by atoms with E-state index in [1.54, 1.807) is 24.3 Å². The van der Waals surface area contributed by atoms with Crippen molar-refractivity contribution in [3.8, 4) is 0 Å². The highest BCUT2D eigenvalue weighted by atomic mass is 16.1. The van der Waals surface area contributed by atoms with E-state index < -0.39 is 0 Å². The van der Waals surface area contributed by atoms with Gasteiger partial charge in [-0.25, -0.2) is 0 Å². The van der Waals surface area contributed by atoms with Crippen LogP contribution in [0.15, 0.2) is 52.8 Å². The van der Waals surface area contributed by atoms with E-state index in [-0.39, 0.29) is 11.3 Å². The molecule has 0 atom stereocenters. The van der Waals surface area contributed by atoms with Crippen molar-refractivity contribution in [2.24, 2.45) is 5.73 Å². The van der Waals surface area contributed by atoms with E-state index in [0.717, 1.165) is 5.57 Å². The lowest BCUT2D eigenvalue weighted by Gasteiger charge is -2.10. The van der Waals surface area contributed by atoms with E-state index in [9.17, 15) is 9.59 Å². The number of aromatic nitrogens is 1. The second kappa shape index (κ2) is 5.57. The third-order valence-electron chi connectivity index (χ3n) is 3.01. The predicted molar refractivity (Wildman–Crippen MR) is 79.4 cm³/mol. The predicted octanol–water partition coefficient (Wildman–Crippen LogP) is 2.32. The average Bonchev–Trinajstić information content (AvgIpc) is 2.46. The van der Waals surface area contributed by atoms with E-state index in [4.69, 9.17) is 5.73 Å². The fraction of sp³-hybridized carbons (Fsp3) is 0.125. The van der Waals surface area contributed by atoms with Crippen LogP contribution in [-0.4, -0.2) is 10.8 Å². The molecule has 1 aromatic heterocycles. The van der Waals surface area contributed by atoms with Gasteiger partial charge in [0.25, 0.3) is 0 Å². The molecule has 0 aliphatic carbocycles. The Morgan fingerprint density at radius 1 is 1.05 bits per heavy atom. The van der Waals surface area contributed by atoms with E-state index in [1.165, 1.54) is 12.1 Å². The number of carbonyl (C=O) groups excluding carboxylic acids is 1. The Bertz CT molecular complexity index is 724. The summed E-state index contributed by atoms with van der Waals surface area (Å²) in [6.07, 6.45) is 0. The minimum absolute atomic E-state index is 0.166. The monoisotopic (exact) mass is 268 g/mol. The zero-order valence-electron chi connectivity index (χ0n) is 11.4. The second-order valence-electron chi connectivity index (χ2n) is 4.72. The highest BCUT2D eigenvalue weighted by molar-refractivity contribution is 6.11. The molecule has 0 unspecified atom stereocenters. The van der Waals surface area contributed by atoms with Gasteiger partial charge in [-0.15, -0.1) is 0 Å². The molecule has 0 radical (unpaired) electrons. The van der Waals surface area contributed by atoms with Crippen molar-refractivity contribution in [2.75, 3.05) is 0 Å². The number of aromatic amines is 1. The van der Waals surface area contributed by atoms with Crippen LogP contribution in [-0.2, 0) is 0 Å². The van der Waals surface area contributed by atoms with Gasteiger partial charge in [0.15, 0.2) is 5.78 Å². The van der Waals surface area contributed by atoms with Crippen LogP contribution in [0, 0.1) is 0 Å². The first-order chi connectivity index (χ1) is 9.50. The van der Waals surface area contributed by atoms with Crippen LogP contribution in [0.25, 0.3) is 5.70 Å². The van der Waals surface area contributed by atoms with Crippen molar-refractivity contribution >= 4 is 11.5 Å². The standard InChI is InChI=1S/C16H16N2O2/c1-10(2)14(17)15-12(8-9-13(19)18-15)16(20)11-6-4-3-5-7-11/h3-9H,17H2,1-2H3,(H,18,19). The number of benzene rings is 1. The molecule has 20 heavy (non-hydrogen) atoms. The molecular formula is C16H16N2O2. The molecule has 3 N–H and O–H groups in total. The molecule has 0 aliphatic heterocycles. The Hall–Kier alpha value is -2.62. The first kappa shape index (κ1) is 13.8. The summed E-state index contributed by atoms with van der Waals surface area (Å²) in [5.41, 5.74) is 8.29. The van der Waals surface area contributed by atoms with Gasteiger partial charge in [-0.1, -0.05) is 35.9 Å². The number of hydrogen-bond donors (Lipinski definition) is 2. The highest BCUT2D eigenvalue weighted by Gasteiger charge is 2.16. The van der Waals surface area contributed by atoms with E-state index in [2.05, 4.69) is 4.98 Å². The van der Waals surface area contributed by atoms with Crippen molar-refractivity contribution in [3.05, 3.63) is 75.2 Å². The van der Waals surface area contributed by atoms with Gasteiger partial charge in [0.05, 0.1) is 11.4 Å². The molecule has 0 saturated heterocycles. The summed E-state index contributed by atoms with van der Waals surface area (Å²) in [5.74, 6) is -0.166. The summed E-state index contributed by atoms with van der Waals surface area (Å²) in [4.78, 5) is 26.6. The molecule has 4 nitrogen and oxygen atoms in total. The normalized spacial score (nSPS) is 10.1. The zero-order valence-corrected chi connectivity index (χ0v) is 11.4. The molecule has 2 aromatic rings. The summed E-state index contributed by atoms with van der Waals surface area (Å²) >= 11 is 0. The van der Waals surface area contributed by atoms with Gasteiger partial charge in [-0.2, -0.15) is 0 Å². The van der Waals surface area contributed by atoms with Crippen LogP contribution in [0.5, 0.6) is 0 Å². The molecule has 0 bridgehead atoms. The average molecular weight is 268 g/mol. The summed E-state index contributed by atoms with van der Waals surface area (Å²) in [6, 6.07) is 11.7. The maximum atomic E-state index is 12.5. The number of allylic oxidation sites excluding steroid dienone is 1. The Balaban J connectivity index is 2.61. The summed E-state index contributed by atoms with van der Waals surface area (Å²) in [7, 11) is 0. The SMILES string of the molecule is CC(C)=C(N)c1[nH]c(=O)ccc1C(=O)c1ccccc1. The molecular weight excluding hydrogens is 252 g/mol. The number of H-pyrrole nitrogens is 1.